The topological polar surface area (TPSA) is 38.3 Å². The van der Waals surface area contributed by atoms with E-state index in [1.54, 1.807) is 17.4 Å². The normalized spacial score (nSPS) is 11.2. The maximum absolute atomic E-state index is 12.2. The van der Waals surface area contributed by atoms with Crippen LogP contribution in [0.15, 0.2) is 78.9 Å². The third-order valence-electron chi connectivity index (χ3n) is 4.97. The fraction of sp³-hybridized carbons (Fsp3) is 0.0417. The minimum Gasteiger partial charge on any atom is -0.465 e. The van der Waals surface area contributed by atoms with Crippen molar-refractivity contribution in [3.8, 4) is 0 Å². The molecule has 4 aromatic carbocycles. The molecule has 0 aliphatic rings. The standard InChI is InChI=1S/C24H17NO2S/c1-27-24(26)17-10-4-6-12-19(17)25-20-14-15-8-2-3-9-16(15)22-18-11-5-7-13-21(18)28-23(20)22/h2-14,25H,1H3. The molecule has 0 fully saturated rings. The first-order chi connectivity index (χ1) is 13.8. The molecule has 5 aromatic rings. The Bertz CT molecular complexity index is 1350. The molecule has 0 spiro atoms. The number of esters is 1. The zero-order chi connectivity index (χ0) is 19.1. The minimum absolute atomic E-state index is 0.350. The average Bonchev–Trinajstić information content (AvgIpc) is 3.14. The maximum atomic E-state index is 12.2. The third kappa shape index (κ3) is 2.62. The van der Waals surface area contributed by atoms with E-state index in [0.29, 0.717) is 5.56 Å². The van der Waals surface area contributed by atoms with Crippen LogP contribution in [0.4, 0.5) is 11.4 Å². The second-order valence-electron chi connectivity index (χ2n) is 6.61. The first-order valence-electron chi connectivity index (χ1n) is 9.03. The Hall–Kier alpha value is -3.37. The molecule has 0 aliphatic heterocycles. The lowest BCUT2D eigenvalue weighted by Gasteiger charge is -2.13. The first-order valence-corrected chi connectivity index (χ1v) is 9.85. The van der Waals surface area contributed by atoms with Crippen molar-refractivity contribution in [2.24, 2.45) is 0 Å². The van der Waals surface area contributed by atoms with Crippen molar-refractivity contribution in [2.75, 3.05) is 12.4 Å². The fourth-order valence-electron chi connectivity index (χ4n) is 3.69. The van der Waals surface area contributed by atoms with Crippen molar-refractivity contribution in [3.63, 3.8) is 0 Å². The molecule has 4 heteroatoms. The average molecular weight is 383 g/mol. The summed E-state index contributed by atoms with van der Waals surface area (Å²) in [6.45, 7) is 0. The molecule has 0 amide bonds. The molecule has 1 heterocycles. The van der Waals surface area contributed by atoms with E-state index in [9.17, 15) is 4.79 Å². The van der Waals surface area contributed by atoms with Crippen LogP contribution >= 0.6 is 11.3 Å². The van der Waals surface area contributed by atoms with Gasteiger partial charge in [-0.1, -0.05) is 54.6 Å². The highest BCUT2D eigenvalue weighted by atomic mass is 32.1. The summed E-state index contributed by atoms with van der Waals surface area (Å²) in [7, 11) is 1.40. The van der Waals surface area contributed by atoms with E-state index in [4.69, 9.17) is 4.74 Å². The number of rotatable bonds is 3. The van der Waals surface area contributed by atoms with Gasteiger partial charge >= 0.3 is 5.97 Å². The summed E-state index contributed by atoms with van der Waals surface area (Å²) in [5.74, 6) is -0.350. The molecule has 5 rings (SSSR count). The maximum Gasteiger partial charge on any atom is 0.339 e. The summed E-state index contributed by atoms with van der Waals surface area (Å²) in [6, 6.07) is 26.5. The molecule has 136 valence electrons. The number of nitrogens with one attached hydrogen (secondary N) is 1. The van der Waals surface area contributed by atoms with Gasteiger partial charge in [-0.05, 0) is 35.0 Å². The van der Waals surface area contributed by atoms with E-state index >= 15 is 0 Å². The molecule has 0 radical (unpaired) electrons. The van der Waals surface area contributed by atoms with Gasteiger partial charge in [0, 0.05) is 15.5 Å². The van der Waals surface area contributed by atoms with E-state index in [0.717, 1.165) is 16.8 Å². The van der Waals surface area contributed by atoms with Gasteiger partial charge in [-0.2, -0.15) is 0 Å². The molecule has 1 aromatic heterocycles. The van der Waals surface area contributed by atoms with Crippen LogP contribution < -0.4 is 5.32 Å². The van der Waals surface area contributed by atoms with Crippen LogP contribution in [0, 0.1) is 0 Å². The number of methoxy groups -OCH3 is 1. The minimum atomic E-state index is -0.350. The van der Waals surface area contributed by atoms with Gasteiger partial charge in [0.25, 0.3) is 0 Å². The molecular formula is C24H17NO2S. The van der Waals surface area contributed by atoms with Crippen molar-refractivity contribution in [2.45, 2.75) is 0 Å². The van der Waals surface area contributed by atoms with Gasteiger partial charge in [-0.15, -0.1) is 11.3 Å². The van der Waals surface area contributed by atoms with Crippen LogP contribution in [0.25, 0.3) is 30.9 Å². The molecule has 3 nitrogen and oxygen atoms in total. The summed E-state index contributed by atoms with van der Waals surface area (Å²) >= 11 is 1.76. The van der Waals surface area contributed by atoms with E-state index in [-0.39, 0.29) is 5.97 Å². The van der Waals surface area contributed by atoms with Gasteiger partial charge in [0.1, 0.15) is 0 Å². The van der Waals surface area contributed by atoms with E-state index in [1.807, 2.05) is 18.2 Å². The first kappa shape index (κ1) is 16.8. The van der Waals surface area contributed by atoms with Gasteiger partial charge < -0.3 is 10.1 Å². The Kier molecular flexibility index (Phi) is 3.99. The SMILES string of the molecule is COC(=O)c1ccccc1Nc1cc2ccccc2c2c1sc1ccccc12. The Balaban J connectivity index is 1.80. The molecule has 0 saturated heterocycles. The van der Waals surface area contributed by atoms with Crippen molar-refractivity contribution in [1.29, 1.82) is 0 Å². The number of ether oxygens (including phenoxy) is 1. The third-order valence-corrected chi connectivity index (χ3v) is 6.18. The van der Waals surface area contributed by atoms with Crippen LogP contribution in [0.5, 0.6) is 0 Å². The lowest BCUT2D eigenvalue weighted by Crippen LogP contribution is -2.05. The van der Waals surface area contributed by atoms with Gasteiger partial charge in [0.2, 0.25) is 0 Å². The largest absolute Gasteiger partial charge is 0.465 e. The van der Waals surface area contributed by atoms with Crippen molar-refractivity contribution in [1.82, 2.24) is 0 Å². The number of carbonyl (C=O) groups is 1. The zero-order valence-electron chi connectivity index (χ0n) is 15.2. The number of hydrogen-bond acceptors (Lipinski definition) is 4. The van der Waals surface area contributed by atoms with Crippen LogP contribution in [0.3, 0.4) is 0 Å². The number of anilines is 2. The summed E-state index contributed by atoms with van der Waals surface area (Å²) < 4.78 is 7.37. The highest BCUT2D eigenvalue weighted by Crippen LogP contribution is 2.43. The lowest BCUT2D eigenvalue weighted by molar-refractivity contribution is 0.0602. The molecule has 0 aliphatic carbocycles. The van der Waals surface area contributed by atoms with E-state index in [1.165, 1.54) is 32.7 Å². The molecule has 0 saturated carbocycles. The molecule has 0 bridgehead atoms. The van der Waals surface area contributed by atoms with Crippen molar-refractivity contribution < 1.29 is 9.53 Å². The van der Waals surface area contributed by atoms with Crippen molar-refractivity contribution in [3.05, 3.63) is 84.4 Å². The predicted octanol–water partition coefficient (Wildman–Crippen LogP) is 6.74. The highest BCUT2D eigenvalue weighted by Gasteiger charge is 2.16. The van der Waals surface area contributed by atoms with Crippen LogP contribution in [-0.2, 0) is 4.74 Å². The summed E-state index contributed by atoms with van der Waals surface area (Å²) in [5, 5.41) is 8.40. The summed E-state index contributed by atoms with van der Waals surface area (Å²) in [5.41, 5.74) is 2.25. The van der Waals surface area contributed by atoms with Crippen LogP contribution in [0.2, 0.25) is 0 Å². The Morgan fingerprint density at radius 2 is 1.57 bits per heavy atom. The highest BCUT2D eigenvalue weighted by molar-refractivity contribution is 7.26. The van der Waals surface area contributed by atoms with Gasteiger partial charge in [-0.25, -0.2) is 4.79 Å². The number of thiophene rings is 1. The van der Waals surface area contributed by atoms with E-state index in [2.05, 4.69) is 59.9 Å². The zero-order valence-corrected chi connectivity index (χ0v) is 16.0. The quantitative estimate of drug-likeness (QED) is 0.351. The Morgan fingerprint density at radius 1 is 0.857 bits per heavy atom. The number of fused-ring (bicyclic) bond motifs is 5. The predicted molar refractivity (Wildman–Crippen MR) is 118 cm³/mol. The number of carbonyl (C=O) groups excluding carboxylic acids is 1. The Morgan fingerprint density at radius 3 is 2.43 bits per heavy atom. The lowest BCUT2D eigenvalue weighted by atomic mass is 10.0. The number of hydrogen-bond donors (Lipinski definition) is 1. The smallest absolute Gasteiger partial charge is 0.339 e. The summed E-state index contributed by atoms with van der Waals surface area (Å²) in [6.07, 6.45) is 0. The summed E-state index contributed by atoms with van der Waals surface area (Å²) in [4.78, 5) is 12.2. The second kappa shape index (κ2) is 6.66. The number of benzene rings is 4. The molecule has 1 N–H and O–H groups in total. The fourth-order valence-corrected chi connectivity index (χ4v) is 4.88. The second-order valence-corrected chi connectivity index (χ2v) is 7.66. The molecule has 28 heavy (non-hydrogen) atoms. The van der Waals surface area contributed by atoms with Crippen LogP contribution in [0.1, 0.15) is 10.4 Å². The van der Waals surface area contributed by atoms with Crippen LogP contribution in [-0.4, -0.2) is 13.1 Å². The molecule has 0 unspecified atom stereocenters. The van der Waals surface area contributed by atoms with Crippen molar-refractivity contribution >= 4 is 59.6 Å². The van der Waals surface area contributed by atoms with Gasteiger partial charge in [-0.3, -0.25) is 0 Å². The number of para-hydroxylation sites is 1. The van der Waals surface area contributed by atoms with Gasteiger partial charge in [0.05, 0.1) is 28.7 Å². The van der Waals surface area contributed by atoms with E-state index < -0.39 is 0 Å². The van der Waals surface area contributed by atoms with Gasteiger partial charge in [0.15, 0.2) is 0 Å². The monoisotopic (exact) mass is 383 g/mol. The molecular weight excluding hydrogens is 366 g/mol. The molecule has 0 atom stereocenters. The Labute approximate surface area is 166 Å².